The van der Waals surface area contributed by atoms with Crippen LogP contribution in [-0.4, -0.2) is 41.8 Å². The van der Waals surface area contributed by atoms with Gasteiger partial charge in [0.2, 0.25) is 0 Å². The third-order valence-electron chi connectivity index (χ3n) is 4.31. The number of nitrogens with one attached hydrogen (secondary N) is 1. The maximum Gasteiger partial charge on any atom is 0.325 e. The molecule has 0 aromatic heterocycles. The first-order valence-electron chi connectivity index (χ1n) is 8.28. The summed E-state index contributed by atoms with van der Waals surface area (Å²) in [5.41, 5.74) is -0.416. The number of Topliss-reactive ketones (excluding diaryl/α,β-unsaturated/α-hetero) is 1. The SMILES string of the molecule is CCCC1(CCC)NC(=O)N(CC(=O)c2ccc(OC)cc2)C1=O. The quantitative estimate of drug-likeness (QED) is 0.587. The second-order valence-electron chi connectivity index (χ2n) is 6.06. The molecule has 1 aliphatic heterocycles. The van der Waals surface area contributed by atoms with Crippen molar-refractivity contribution >= 4 is 17.7 Å². The number of amides is 3. The molecule has 6 heteroatoms. The number of benzene rings is 1. The van der Waals surface area contributed by atoms with Crippen LogP contribution in [-0.2, 0) is 4.79 Å². The molecule has 0 bridgehead atoms. The van der Waals surface area contributed by atoms with Crippen molar-refractivity contribution in [2.24, 2.45) is 0 Å². The van der Waals surface area contributed by atoms with Gasteiger partial charge < -0.3 is 10.1 Å². The minimum absolute atomic E-state index is 0.244. The van der Waals surface area contributed by atoms with Crippen LogP contribution in [0.5, 0.6) is 5.75 Å². The van der Waals surface area contributed by atoms with Crippen LogP contribution in [0.3, 0.4) is 0 Å². The number of methoxy groups -OCH3 is 1. The summed E-state index contributed by atoms with van der Waals surface area (Å²) in [4.78, 5) is 38.4. The van der Waals surface area contributed by atoms with Gasteiger partial charge >= 0.3 is 6.03 Å². The van der Waals surface area contributed by atoms with Gasteiger partial charge in [0.05, 0.1) is 13.7 Å². The van der Waals surface area contributed by atoms with E-state index in [9.17, 15) is 14.4 Å². The van der Waals surface area contributed by atoms with E-state index in [1.165, 1.54) is 0 Å². The van der Waals surface area contributed by atoms with Gasteiger partial charge in [0.1, 0.15) is 11.3 Å². The van der Waals surface area contributed by atoms with Crippen LogP contribution in [0.15, 0.2) is 24.3 Å². The monoisotopic (exact) mass is 332 g/mol. The van der Waals surface area contributed by atoms with Crippen LogP contribution in [0.25, 0.3) is 0 Å². The Labute approximate surface area is 142 Å². The van der Waals surface area contributed by atoms with Crippen molar-refractivity contribution in [3.8, 4) is 5.75 Å². The number of ether oxygens (including phenoxy) is 1. The van der Waals surface area contributed by atoms with Crippen LogP contribution in [0.2, 0.25) is 0 Å². The minimum atomic E-state index is -0.860. The molecule has 3 amide bonds. The summed E-state index contributed by atoms with van der Waals surface area (Å²) in [6, 6.07) is 6.13. The fourth-order valence-electron chi connectivity index (χ4n) is 3.15. The molecular formula is C18H24N2O4. The Kier molecular flexibility index (Phi) is 5.59. The van der Waals surface area contributed by atoms with Gasteiger partial charge in [-0.05, 0) is 37.1 Å². The van der Waals surface area contributed by atoms with Crippen molar-refractivity contribution in [3.05, 3.63) is 29.8 Å². The highest BCUT2D eigenvalue weighted by molar-refractivity contribution is 6.11. The van der Waals surface area contributed by atoms with Crippen LogP contribution in [0.1, 0.15) is 49.9 Å². The summed E-state index contributed by atoms with van der Waals surface area (Å²) >= 11 is 0. The van der Waals surface area contributed by atoms with Gasteiger partial charge in [-0.25, -0.2) is 4.79 Å². The number of carbonyl (C=O) groups is 3. The molecule has 1 fully saturated rings. The molecule has 1 aromatic rings. The summed E-state index contributed by atoms with van der Waals surface area (Å²) in [6.45, 7) is 3.70. The van der Waals surface area contributed by atoms with E-state index >= 15 is 0 Å². The first-order chi connectivity index (χ1) is 11.5. The smallest absolute Gasteiger partial charge is 0.325 e. The second-order valence-corrected chi connectivity index (χ2v) is 6.06. The third-order valence-corrected chi connectivity index (χ3v) is 4.31. The Balaban J connectivity index is 2.14. The van der Waals surface area contributed by atoms with Crippen molar-refractivity contribution in [3.63, 3.8) is 0 Å². The van der Waals surface area contributed by atoms with Gasteiger partial charge in [-0.3, -0.25) is 14.5 Å². The average Bonchev–Trinajstić information content (AvgIpc) is 2.80. The summed E-state index contributed by atoms with van der Waals surface area (Å²) in [7, 11) is 1.55. The summed E-state index contributed by atoms with van der Waals surface area (Å²) in [5.74, 6) is 0.0782. The van der Waals surface area contributed by atoms with Gasteiger partial charge in [-0.1, -0.05) is 26.7 Å². The number of nitrogens with zero attached hydrogens (tertiary/aromatic N) is 1. The Morgan fingerprint density at radius 3 is 2.21 bits per heavy atom. The first kappa shape index (κ1) is 18.0. The van der Waals surface area contributed by atoms with E-state index in [1.807, 2.05) is 13.8 Å². The third kappa shape index (κ3) is 3.42. The number of ketones is 1. The van der Waals surface area contributed by atoms with E-state index in [4.69, 9.17) is 4.74 Å². The van der Waals surface area contributed by atoms with Crippen molar-refractivity contribution in [2.75, 3.05) is 13.7 Å². The molecule has 1 aromatic carbocycles. The topological polar surface area (TPSA) is 75.7 Å². The Bertz CT molecular complexity index is 618. The Morgan fingerprint density at radius 1 is 1.12 bits per heavy atom. The number of rotatable bonds is 8. The fraction of sp³-hybridized carbons (Fsp3) is 0.500. The van der Waals surface area contributed by atoms with Gasteiger partial charge in [-0.15, -0.1) is 0 Å². The molecular weight excluding hydrogens is 308 g/mol. The van der Waals surface area contributed by atoms with Gasteiger partial charge in [0.15, 0.2) is 5.78 Å². The van der Waals surface area contributed by atoms with E-state index in [2.05, 4.69) is 5.32 Å². The normalized spacial score (nSPS) is 16.2. The zero-order valence-corrected chi connectivity index (χ0v) is 14.4. The molecule has 130 valence electrons. The van der Waals surface area contributed by atoms with Crippen molar-refractivity contribution < 1.29 is 19.1 Å². The van der Waals surface area contributed by atoms with Crippen molar-refractivity contribution in [2.45, 2.75) is 45.1 Å². The molecule has 0 unspecified atom stereocenters. The Morgan fingerprint density at radius 2 is 1.71 bits per heavy atom. The highest BCUT2D eigenvalue weighted by Crippen LogP contribution is 2.28. The molecule has 0 atom stereocenters. The predicted octanol–water partition coefficient (Wildman–Crippen LogP) is 2.77. The summed E-state index contributed by atoms with van der Waals surface area (Å²) < 4.78 is 5.06. The molecule has 1 saturated heterocycles. The lowest BCUT2D eigenvalue weighted by Crippen LogP contribution is -2.47. The lowest BCUT2D eigenvalue weighted by atomic mass is 9.88. The van der Waals surface area contributed by atoms with E-state index in [-0.39, 0.29) is 18.2 Å². The zero-order chi connectivity index (χ0) is 17.7. The molecule has 2 rings (SSSR count). The van der Waals surface area contributed by atoms with Crippen LogP contribution in [0, 0.1) is 0 Å². The highest BCUT2D eigenvalue weighted by atomic mass is 16.5. The van der Waals surface area contributed by atoms with E-state index in [0.29, 0.717) is 24.2 Å². The largest absolute Gasteiger partial charge is 0.497 e. The number of hydrogen-bond acceptors (Lipinski definition) is 4. The van der Waals surface area contributed by atoms with Crippen LogP contribution >= 0.6 is 0 Å². The molecule has 1 N–H and O–H groups in total. The molecule has 6 nitrogen and oxygen atoms in total. The van der Waals surface area contributed by atoms with E-state index < -0.39 is 11.6 Å². The number of hydrogen-bond donors (Lipinski definition) is 1. The average molecular weight is 332 g/mol. The van der Waals surface area contributed by atoms with Gasteiger partial charge in [0.25, 0.3) is 5.91 Å². The van der Waals surface area contributed by atoms with E-state index in [0.717, 1.165) is 17.7 Å². The lowest BCUT2D eigenvalue weighted by molar-refractivity contribution is -0.131. The first-order valence-corrected chi connectivity index (χ1v) is 8.28. The summed E-state index contributed by atoms with van der Waals surface area (Å²) in [5, 5.41) is 2.81. The van der Waals surface area contributed by atoms with Crippen LogP contribution in [0.4, 0.5) is 4.79 Å². The van der Waals surface area contributed by atoms with Gasteiger partial charge in [-0.2, -0.15) is 0 Å². The number of imide groups is 1. The lowest BCUT2D eigenvalue weighted by Gasteiger charge is -2.25. The predicted molar refractivity (Wildman–Crippen MR) is 90.1 cm³/mol. The van der Waals surface area contributed by atoms with Gasteiger partial charge in [0, 0.05) is 5.56 Å². The number of carbonyl (C=O) groups excluding carboxylic acids is 3. The maximum atomic E-state index is 12.8. The fourth-order valence-corrected chi connectivity index (χ4v) is 3.15. The molecule has 1 heterocycles. The molecule has 0 radical (unpaired) electrons. The molecule has 1 aliphatic rings. The Hall–Kier alpha value is -2.37. The van der Waals surface area contributed by atoms with E-state index in [1.54, 1.807) is 31.4 Å². The molecule has 0 spiro atoms. The minimum Gasteiger partial charge on any atom is -0.497 e. The van der Waals surface area contributed by atoms with Crippen molar-refractivity contribution in [1.82, 2.24) is 10.2 Å². The highest BCUT2D eigenvalue weighted by Gasteiger charge is 2.50. The summed E-state index contributed by atoms with van der Waals surface area (Å²) in [6.07, 6.45) is 2.73. The van der Waals surface area contributed by atoms with Crippen molar-refractivity contribution in [1.29, 1.82) is 0 Å². The number of urea groups is 1. The second kappa shape index (κ2) is 7.47. The zero-order valence-electron chi connectivity index (χ0n) is 14.4. The molecule has 24 heavy (non-hydrogen) atoms. The molecule has 0 saturated carbocycles. The molecule has 0 aliphatic carbocycles. The maximum absolute atomic E-state index is 12.8. The standard InChI is InChI=1S/C18H24N2O4/c1-4-10-18(11-5-2)16(22)20(17(23)19-18)12-15(21)13-6-8-14(24-3)9-7-13/h6-9H,4-5,10-12H2,1-3H3,(H,19,23). The van der Waals surface area contributed by atoms with Crippen LogP contribution < -0.4 is 10.1 Å².